The molecule has 1 heterocycles. The maximum absolute atomic E-state index is 12.3. The van der Waals surface area contributed by atoms with E-state index in [0.717, 1.165) is 5.56 Å². The fourth-order valence-electron chi connectivity index (χ4n) is 2.94. The van der Waals surface area contributed by atoms with Crippen LogP contribution in [0.3, 0.4) is 0 Å². The standard InChI is InChI=1S/C19H28N2O4/c1-19(2,3)20-18(23)14-11-17(22)21(12-14)9-8-13-6-7-15(24-4)16(10-13)25-5/h6-7,10,14H,8-9,11-12H2,1-5H3,(H,20,23)/t14-/m1/s1. The van der Waals surface area contributed by atoms with Gasteiger partial charge < -0.3 is 19.7 Å². The minimum atomic E-state index is -0.285. The number of carbonyl (C=O) groups excluding carboxylic acids is 2. The molecule has 1 atom stereocenters. The number of nitrogens with zero attached hydrogens (tertiary/aromatic N) is 1. The monoisotopic (exact) mass is 348 g/mol. The lowest BCUT2D eigenvalue weighted by Gasteiger charge is -2.23. The van der Waals surface area contributed by atoms with Gasteiger partial charge in [-0.15, -0.1) is 0 Å². The van der Waals surface area contributed by atoms with Gasteiger partial charge in [0.1, 0.15) is 0 Å². The van der Waals surface area contributed by atoms with Gasteiger partial charge in [-0.1, -0.05) is 6.07 Å². The van der Waals surface area contributed by atoms with E-state index in [4.69, 9.17) is 9.47 Å². The van der Waals surface area contributed by atoms with Crippen molar-refractivity contribution >= 4 is 11.8 Å². The Balaban J connectivity index is 1.93. The average molecular weight is 348 g/mol. The maximum Gasteiger partial charge on any atom is 0.225 e. The summed E-state index contributed by atoms with van der Waals surface area (Å²) in [4.78, 5) is 26.2. The van der Waals surface area contributed by atoms with Gasteiger partial charge in [-0.3, -0.25) is 9.59 Å². The maximum atomic E-state index is 12.3. The third-order valence-corrected chi connectivity index (χ3v) is 4.20. The molecular formula is C19H28N2O4. The fourth-order valence-corrected chi connectivity index (χ4v) is 2.94. The third kappa shape index (κ3) is 5.11. The number of carbonyl (C=O) groups is 2. The van der Waals surface area contributed by atoms with Crippen LogP contribution in [0.4, 0.5) is 0 Å². The van der Waals surface area contributed by atoms with Crippen molar-refractivity contribution < 1.29 is 19.1 Å². The minimum Gasteiger partial charge on any atom is -0.493 e. The van der Waals surface area contributed by atoms with Crippen molar-refractivity contribution in [3.05, 3.63) is 23.8 Å². The van der Waals surface area contributed by atoms with Crippen LogP contribution in [-0.4, -0.2) is 49.6 Å². The van der Waals surface area contributed by atoms with Crippen LogP contribution in [0.2, 0.25) is 0 Å². The molecule has 1 aliphatic rings. The molecule has 0 bridgehead atoms. The van der Waals surface area contributed by atoms with E-state index in [9.17, 15) is 9.59 Å². The van der Waals surface area contributed by atoms with E-state index in [1.165, 1.54) is 0 Å². The summed E-state index contributed by atoms with van der Waals surface area (Å²) in [7, 11) is 3.20. The highest BCUT2D eigenvalue weighted by Crippen LogP contribution is 2.28. The SMILES string of the molecule is COc1ccc(CCN2C[C@H](C(=O)NC(C)(C)C)CC2=O)cc1OC. The van der Waals surface area contributed by atoms with Gasteiger partial charge >= 0.3 is 0 Å². The predicted molar refractivity (Wildman–Crippen MR) is 95.8 cm³/mol. The molecule has 2 amide bonds. The van der Waals surface area contributed by atoms with E-state index >= 15 is 0 Å². The zero-order chi connectivity index (χ0) is 18.6. The molecule has 1 aromatic rings. The number of hydrogen-bond donors (Lipinski definition) is 1. The molecule has 1 aromatic carbocycles. The second kappa shape index (κ2) is 7.76. The lowest BCUT2D eigenvalue weighted by Crippen LogP contribution is -2.44. The van der Waals surface area contributed by atoms with E-state index < -0.39 is 0 Å². The van der Waals surface area contributed by atoms with Crippen LogP contribution in [0.1, 0.15) is 32.8 Å². The molecular weight excluding hydrogens is 320 g/mol. The third-order valence-electron chi connectivity index (χ3n) is 4.20. The van der Waals surface area contributed by atoms with Crippen LogP contribution in [0, 0.1) is 5.92 Å². The lowest BCUT2D eigenvalue weighted by atomic mass is 10.0. The molecule has 0 spiro atoms. The van der Waals surface area contributed by atoms with Gasteiger partial charge in [-0.2, -0.15) is 0 Å². The van der Waals surface area contributed by atoms with E-state index in [1.54, 1.807) is 19.1 Å². The summed E-state index contributed by atoms with van der Waals surface area (Å²) in [6.45, 7) is 6.89. The Hall–Kier alpha value is -2.24. The highest BCUT2D eigenvalue weighted by Gasteiger charge is 2.35. The van der Waals surface area contributed by atoms with Gasteiger partial charge in [-0.05, 0) is 44.9 Å². The topological polar surface area (TPSA) is 67.9 Å². The molecule has 0 aromatic heterocycles. The van der Waals surface area contributed by atoms with Crippen molar-refractivity contribution in [1.29, 1.82) is 0 Å². The van der Waals surface area contributed by atoms with Crippen molar-refractivity contribution in [2.24, 2.45) is 5.92 Å². The second-order valence-electron chi connectivity index (χ2n) is 7.42. The minimum absolute atomic E-state index is 0.0366. The Kier molecular flexibility index (Phi) is 5.93. The van der Waals surface area contributed by atoms with E-state index in [-0.39, 0.29) is 29.7 Å². The van der Waals surface area contributed by atoms with Gasteiger partial charge in [0, 0.05) is 25.0 Å². The van der Waals surface area contributed by atoms with Gasteiger partial charge in [0.15, 0.2) is 11.5 Å². The second-order valence-corrected chi connectivity index (χ2v) is 7.42. The summed E-state index contributed by atoms with van der Waals surface area (Å²) in [5, 5.41) is 2.96. The molecule has 1 fully saturated rings. The van der Waals surface area contributed by atoms with Gasteiger partial charge in [0.25, 0.3) is 0 Å². The first-order valence-corrected chi connectivity index (χ1v) is 8.54. The predicted octanol–water partition coefficient (Wildman–Crippen LogP) is 2.01. The van der Waals surface area contributed by atoms with Crippen molar-refractivity contribution in [3.8, 4) is 11.5 Å². The number of nitrogens with one attached hydrogen (secondary N) is 1. The summed E-state index contributed by atoms with van der Waals surface area (Å²) < 4.78 is 10.5. The number of likely N-dealkylation sites (tertiary alicyclic amines) is 1. The van der Waals surface area contributed by atoms with Crippen LogP contribution >= 0.6 is 0 Å². The van der Waals surface area contributed by atoms with E-state index in [2.05, 4.69) is 5.32 Å². The summed E-state index contributed by atoms with van der Waals surface area (Å²) in [5.74, 6) is 1.08. The largest absolute Gasteiger partial charge is 0.493 e. The summed E-state index contributed by atoms with van der Waals surface area (Å²) in [6, 6.07) is 5.74. The highest BCUT2D eigenvalue weighted by molar-refractivity contribution is 5.89. The Bertz CT molecular complexity index is 637. The lowest BCUT2D eigenvalue weighted by molar-refractivity contribution is -0.129. The number of ether oxygens (including phenoxy) is 2. The van der Waals surface area contributed by atoms with E-state index in [1.807, 2.05) is 39.0 Å². The molecule has 0 saturated carbocycles. The van der Waals surface area contributed by atoms with Crippen molar-refractivity contribution in [1.82, 2.24) is 10.2 Å². The van der Waals surface area contributed by atoms with Crippen molar-refractivity contribution in [2.45, 2.75) is 39.2 Å². The highest BCUT2D eigenvalue weighted by atomic mass is 16.5. The van der Waals surface area contributed by atoms with Gasteiger partial charge in [0.05, 0.1) is 20.1 Å². The van der Waals surface area contributed by atoms with Crippen molar-refractivity contribution in [3.63, 3.8) is 0 Å². The molecule has 1 aliphatic heterocycles. The molecule has 25 heavy (non-hydrogen) atoms. The number of rotatable bonds is 6. The quantitative estimate of drug-likeness (QED) is 0.854. The number of benzene rings is 1. The average Bonchev–Trinajstić information content (AvgIpc) is 2.92. The summed E-state index contributed by atoms with van der Waals surface area (Å²) >= 11 is 0. The Labute approximate surface area is 149 Å². The zero-order valence-electron chi connectivity index (χ0n) is 15.7. The van der Waals surface area contributed by atoms with Gasteiger partial charge in [-0.25, -0.2) is 0 Å². The van der Waals surface area contributed by atoms with Crippen molar-refractivity contribution in [2.75, 3.05) is 27.3 Å². The number of hydrogen-bond acceptors (Lipinski definition) is 4. The Morgan fingerprint density at radius 3 is 2.52 bits per heavy atom. The smallest absolute Gasteiger partial charge is 0.225 e. The molecule has 1 saturated heterocycles. The Morgan fingerprint density at radius 2 is 1.92 bits per heavy atom. The van der Waals surface area contributed by atoms with Crippen LogP contribution in [0.15, 0.2) is 18.2 Å². The van der Waals surface area contributed by atoms with Crippen LogP contribution in [-0.2, 0) is 16.0 Å². The Morgan fingerprint density at radius 1 is 1.24 bits per heavy atom. The van der Waals surface area contributed by atoms with E-state index in [0.29, 0.717) is 31.0 Å². The molecule has 0 unspecified atom stereocenters. The zero-order valence-corrected chi connectivity index (χ0v) is 15.7. The number of amides is 2. The molecule has 0 radical (unpaired) electrons. The molecule has 2 rings (SSSR count). The van der Waals surface area contributed by atoms with Gasteiger partial charge in [0.2, 0.25) is 11.8 Å². The molecule has 6 nitrogen and oxygen atoms in total. The first kappa shape index (κ1) is 19.1. The summed E-state index contributed by atoms with van der Waals surface area (Å²) in [5.41, 5.74) is 0.778. The normalized spacial score (nSPS) is 17.6. The fraction of sp³-hybridized carbons (Fsp3) is 0.579. The van der Waals surface area contributed by atoms with Crippen LogP contribution in [0.5, 0.6) is 11.5 Å². The first-order chi connectivity index (χ1) is 11.7. The van der Waals surface area contributed by atoms with Crippen LogP contribution in [0.25, 0.3) is 0 Å². The molecule has 0 aliphatic carbocycles. The molecule has 138 valence electrons. The van der Waals surface area contributed by atoms with Crippen LogP contribution < -0.4 is 14.8 Å². The summed E-state index contributed by atoms with van der Waals surface area (Å²) in [6.07, 6.45) is 0.994. The number of methoxy groups -OCH3 is 2. The first-order valence-electron chi connectivity index (χ1n) is 8.54. The molecule has 6 heteroatoms. The molecule has 1 N–H and O–H groups in total.